The van der Waals surface area contributed by atoms with E-state index in [0.717, 1.165) is 11.3 Å². The lowest BCUT2D eigenvalue weighted by Gasteiger charge is -1.99. The summed E-state index contributed by atoms with van der Waals surface area (Å²) in [4.78, 5) is 4.23. The monoisotopic (exact) mass is 258 g/mol. The van der Waals surface area contributed by atoms with Gasteiger partial charge in [-0.3, -0.25) is 0 Å². The summed E-state index contributed by atoms with van der Waals surface area (Å²) in [6.07, 6.45) is 0. The molecule has 0 saturated heterocycles. The topological polar surface area (TPSA) is 22.1 Å². The van der Waals surface area contributed by atoms with Crippen molar-refractivity contribution < 1.29 is 4.74 Å². The SMILES string of the molecule is ClC(Cl)Oc1nc(-c2cc[c]cc2)cs1. The largest absolute Gasteiger partial charge is 0.436 e. The molecule has 2 rings (SSSR count). The van der Waals surface area contributed by atoms with E-state index >= 15 is 0 Å². The summed E-state index contributed by atoms with van der Waals surface area (Å²) in [5, 5.41) is 1.47. The van der Waals surface area contributed by atoms with Crippen LogP contribution in [0.5, 0.6) is 5.19 Å². The van der Waals surface area contributed by atoms with Crippen LogP contribution in [0.2, 0.25) is 0 Å². The normalized spacial score (nSPS) is 10.6. The number of thiazole rings is 1. The van der Waals surface area contributed by atoms with Gasteiger partial charge in [0.15, 0.2) is 0 Å². The standard InChI is InChI=1S/C10H6Cl2NOS/c11-9(12)14-10-13-8(6-15-10)7-4-2-1-3-5-7/h2-6,9H. The van der Waals surface area contributed by atoms with Gasteiger partial charge in [-0.05, 0) is 6.07 Å². The molecule has 1 heterocycles. The van der Waals surface area contributed by atoms with Crippen LogP contribution in [0.25, 0.3) is 11.3 Å². The maximum Gasteiger partial charge on any atom is 0.276 e. The van der Waals surface area contributed by atoms with Crippen LogP contribution >= 0.6 is 34.5 Å². The van der Waals surface area contributed by atoms with Crippen LogP contribution < -0.4 is 4.74 Å². The van der Waals surface area contributed by atoms with Crippen molar-refractivity contribution in [1.29, 1.82) is 0 Å². The fraction of sp³-hybridized carbons (Fsp3) is 0.100. The van der Waals surface area contributed by atoms with Gasteiger partial charge < -0.3 is 4.74 Å². The highest BCUT2D eigenvalue weighted by Gasteiger charge is 2.07. The third kappa shape index (κ3) is 2.84. The van der Waals surface area contributed by atoms with Crippen LogP contribution in [-0.4, -0.2) is 10.0 Å². The summed E-state index contributed by atoms with van der Waals surface area (Å²) in [5.74, 6) is 0. The Balaban J connectivity index is 2.21. The molecule has 2 aromatic rings. The van der Waals surface area contributed by atoms with Gasteiger partial charge in [-0.25, -0.2) is 4.98 Å². The minimum absolute atomic E-state index is 0.466. The van der Waals surface area contributed by atoms with Gasteiger partial charge >= 0.3 is 0 Å². The fourth-order valence-corrected chi connectivity index (χ4v) is 2.06. The van der Waals surface area contributed by atoms with Crippen molar-refractivity contribution in [2.45, 2.75) is 5.02 Å². The van der Waals surface area contributed by atoms with Crippen LogP contribution in [-0.2, 0) is 0 Å². The number of hydrogen-bond acceptors (Lipinski definition) is 3. The molecular weight excluding hydrogens is 253 g/mol. The van der Waals surface area contributed by atoms with Crippen molar-refractivity contribution in [2.24, 2.45) is 0 Å². The highest BCUT2D eigenvalue weighted by Crippen LogP contribution is 2.27. The maximum atomic E-state index is 5.47. The molecule has 0 spiro atoms. The molecule has 0 unspecified atom stereocenters. The molecule has 0 N–H and O–H groups in total. The number of aromatic nitrogens is 1. The molecule has 1 radical (unpaired) electrons. The van der Waals surface area contributed by atoms with Crippen LogP contribution in [0, 0.1) is 6.07 Å². The number of ether oxygens (including phenoxy) is 1. The van der Waals surface area contributed by atoms with Crippen molar-refractivity contribution in [3.8, 4) is 16.5 Å². The van der Waals surface area contributed by atoms with Crippen LogP contribution in [0.3, 0.4) is 0 Å². The number of hydrogen-bond donors (Lipinski definition) is 0. The number of alkyl halides is 2. The Labute approximate surface area is 101 Å². The Morgan fingerprint density at radius 1 is 1.33 bits per heavy atom. The Bertz CT molecular complexity index is 430. The summed E-state index contributed by atoms with van der Waals surface area (Å²) >= 11 is 12.3. The first-order valence-electron chi connectivity index (χ1n) is 4.12. The van der Waals surface area contributed by atoms with E-state index in [9.17, 15) is 0 Å². The minimum atomic E-state index is -0.881. The molecular formula is C10H6Cl2NOS. The molecule has 1 aromatic heterocycles. The molecule has 0 aliphatic rings. The lowest BCUT2D eigenvalue weighted by Crippen LogP contribution is -1.98. The molecule has 0 aliphatic carbocycles. The molecule has 1 aromatic carbocycles. The molecule has 15 heavy (non-hydrogen) atoms. The van der Waals surface area contributed by atoms with Gasteiger partial charge in [0.2, 0.25) is 0 Å². The number of halogens is 2. The van der Waals surface area contributed by atoms with Crippen molar-refractivity contribution in [3.05, 3.63) is 35.7 Å². The number of rotatable bonds is 3. The second kappa shape index (κ2) is 4.84. The zero-order valence-corrected chi connectivity index (χ0v) is 9.81. The smallest absolute Gasteiger partial charge is 0.276 e. The van der Waals surface area contributed by atoms with Gasteiger partial charge in [0.25, 0.3) is 10.2 Å². The molecule has 2 nitrogen and oxygen atoms in total. The van der Waals surface area contributed by atoms with Crippen molar-refractivity contribution in [1.82, 2.24) is 4.98 Å². The molecule has 0 fully saturated rings. The lowest BCUT2D eigenvalue weighted by molar-refractivity contribution is 0.352. The van der Waals surface area contributed by atoms with E-state index in [1.54, 1.807) is 0 Å². The molecule has 0 atom stereocenters. The predicted molar refractivity (Wildman–Crippen MR) is 62.5 cm³/mol. The molecule has 0 amide bonds. The van der Waals surface area contributed by atoms with E-state index in [1.807, 2.05) is 29.6 Å². The Morgan fingerprint density at radius 2 is 2.07 bits per heavy atom. The van der Waals surface area contributed by atoms with Crippen LogP contribution in [0.4, 0.5) is 0 Å². The average molecular weight is 259 g/mol. The third-order valence-electron chi connectivity index (χ3n) is 1.69. The summed E-state index contributed by atoms with van der Waals surface area (Å²) in [6, 6.07) is 10.5. The van der Waals surface area contributed by atoms with Crippen molar-refractivity contribution in [3.63, 3.8) is 0 Å². The van der Waals surface area contributed by atoms with E-state index in [2.05, 4.69) is 11.1 Å². The van der Waals surface area contributed by atoms with E-state index < -0.39 is 5.02 Å². The Hall–Kier alpha value is -0.770. The summed E-state index contributed by atoms with van der Waals surface area (Å²) in [5.41, 5.74) is 1.86. The van der Waals surface area contributed by atoms with Gasteiger partial charge in [-0.1, -0.05) is 58.8 Å². The highest BCUT2D eigenvalue weighted by atomic mass is 35.5. The zero-order valence-electron chi connectivity index (χ0n) is 7.48. The molecule has 5 heteroatoms. The van der Waals surface area contributed by atoms with E-state index in [4.69, 9.17) is 27.9 Å². The van der Waals surface area contributed by atoms with Crippen molar-refractivity contribution >= 4 is 34.5 Å². The number of benzene rings is 1. The quantitative estimate of drug-likeness (QED) is 0.783. The number of nitrogens with zero attached hydrogens (tertiary/aromatic N) is 1. The second-order valence-electron chi connectivity index (χ2n) is 2.67. The van der Waals surface area contributed by atoms with E-state index in [0.29, 0.717) is 5.19 Å². The average Bonchev–Trinajstić information content (AvgIpc) is 2.67. The molecule has 0 saturated carbocycles. The summed E-state index contributed by atoms with van der Waals surface area (Å²) < 4.78 is 5.05. The summed E-state index contributed by atoms with van der Waals surface area (Å²) in [7, 11) is 0. The first-order valence-corrected chi connectivity index (χ1v) is 5.88. The first kappa shape index (κ1) is 10.7. The molecule has 0 bridgehead atoms. The van der Waals surface area contributed by atoms with Gasteiger partial charge in [0.1, 0.15) is 0 Å². The van der Waals surface area contributed by atoms with E-state index in [1.165, 1.54) is 11.3 Å². The molecule has 0 aliphatic heterocycles. The highest BCUT2D eigenvalue weighted by molar-refractivity contribution is 7.11. The van der Waals surface area contributed by atoms with Gasteiger partial charge in [-0.15, -0.1) is 0 Å². The third-order valence-corrected chi connectivity index (χ3v) is 2.60. The Kier molecular flexibility index (Phi) is 3.46. The zero-order chi connectivity index (χ0) is 10.7. The van der Waals surface area contributed by atoms with Gasteiger partial charge in [0, 0.05) is 10.9 Å². The minimum Gasteiger partial charge on any atom is -0.436 e. The summed E-state index contributed by atoms with van der Waals surface area (Å²) in [6.45, 7) is 0. The fourth-order valence-electron chi connectivity index (χ4n) is 1.08. The van der Waals surface area contributed by atoms with E-state index in [-0.39, 0.29) is 0 Å². The Morgan fingerprint density at radius 3 is 2.73 bits per heavy atom. The van der Waals surface area contributed by atoms with Crippen LogP contribution in [0.1, 0.15) is 0 Å². The first-order chi connectivity index (χ1) is 7.25. The predicted octanol–water partition coefficient (Wildman–Crippen LogP) is 3.75. The maximum absolute atomic E-state index is 5.47. The molecule has 77 valence electrons. The van der Waals surface area contributed by atoms with Gasteiger partial charge in [-0.2, -0.15) is 0 Å². The van der Waals surface area contributed by atoms with Gasteiger partial charge in [0.05, 0.1) is 5.69 Å². The van der Waals surface area contributed by atoms with Crippen molar-refractivity contribution in [2.75, 3.05) is 0 Å². The van der Waals surface area contributed by atoms with Crippen LogP contribution in [0.15, 0.2) is 29.6 Å². The lowest BCUT2D eigenvalue weighted by atomic mass is 10.2. The second-order valence-corrected chi connectivity index (χ2v) is 4.50.